The molecule has 0 unspecified atom stereocenters. The Hall–Kier alpha value is -1.76. The fraction of sp³-hybridized carbons (Fsp3) is 0.571. The second-order valence-corrected chi connectivity index (χ2v) is 7.73. The van der Waals surface area contributed by atoms with Gasteiger partial charge in [-0.15, -0.1) is 0 Å². The van der Waals surface area contributed by atoms with Crippen LogP contribution in [0.4, 0.5) is 0 Å². The first-order chi connectivity index (χ1) is 13.4. The van der Waals surface area contributed by atoms with E-state index in [-0.39, 0.29) is 12.0 Å². The van der Waals surface area contributed by atoms with E-state index in [9.17, 15) is 4.79 Å². The van der Waals surface area contributed by atoms with E-state index in [2.05, 4.69) is 22.2 Å². The van der Waals surface area contributed by atoms with Gasteiger partial charge in [0.2, 0.25) is 5.91 Å². The van der Waals surface area contributed by atoms with Crippen LogP contribution in [0.25, 0.3) is 6.08 Å². The number of nitrogens with one attached hydrogen (secondary N) is 1. The Balaban J connectivity index is 1.80. The van der Waals surface area contributed by atoms with E-state index < -0.39 is 0 Å². The maximum Gasteiger partial charge on any atom is 0.243 e. The van der Waals surface area contributed by atoms with E-state index in [0.717, 1.165) is 44.7 Å². The first-order valence-corrected chi connectivity index (χ1v) is 10.2. The normalized spacial score (nSPS) is 15.9. The maximum atomic E-state index is 12.1. The van der Waals surface area contributed by atoms with Gasteiger partial charge in [-0.25, -0.2) is 0 Å². The van der Waals surface area contributed by atoms with Gasteiger partial charge in [-0.2, -0.15) is 0 Å². The van der Waals surface area contributed by atoms with E-state index in [1.54, 1.807) is 25.3 Å². The second-order valence-electron chi connectivity index (χ2n) is 7.32. The molecule has 0 aliphatic carbocycles. The predicted molar refractivity (Wildman–Crippen MR) is 114 cm³/mol. The van der Waals surface area contributed by atoms with Crippen LogP contribution in [-0.2, 0) is 4.79 Å². The van der Waals surface area contributed by atoms with Crippen LogP contribution in [0.5, 0.6) is 11.5 Å². The van der Waals surface area contributed by atoms with Gasteiger partial charge in [0.15, 0.2) is 11.5 Å². The first kappa shape index (κ1) is 22.5. The molecule has 0 aromatic heterocycles. The molecule has 7 heteroatoms. The number of carbonyl (C=O) groups is 1. The van der Waals surface area contributed by atoms with Gasteiger partial charge >= 0.3 is 0 Å². The Morgan fingerprint density at radius 2 is 2.00 bits per heavy atom. The van der Waals surface area contributed by atoms with Gasteiger partial charge in [0, 0.05) is 38.8 Å². The Bertz CT molecular complexity index is 671. The van der Waals surface area contributed by atoms with E-state index in [1.165, 1.54) is 6.08 Å². The Kier molecular flexibility index (Phi) is 9.09. The van der Waals surface area contributed by atoms with Gasteiger partial charge < -0.3 is 24.6 Å². The molecule has 0 saturated carbocycles. The molecular weight excluding hydrogens is 378 g/mol. The van der Waals surface area contributed by atoms with Crippen LogP contribution in [0.2, 0.25) is 5.02 Å². The van der Waals surface area contributed by atoms with Gasteiger partial charge in [-0.1, -0.05) is 11.6 Å². The summed E-state index contributed by atoms with van der Waals surface area (Å²) in [5.74, 6) is 0.953. The minimum absolute atomic E-state index is 0.00980. The summed E-state index contributed by atoms with van der Waals surface area (Å²) in [4.78, 5) is 16.8. The largest absolute Gasteiger partial charge is 0.493 e. The summed E-state index contributed by atoms with van der Waals surface area (Å²) in [5.41, 5.74) is 0.783. The number of nitrogens with zero attached hydrogens (tertiary/aromatic N) is 2. The summed E-state index contributed by atoms with van der Waals surface area (Å²) in [5, 5.41) is 3.39. The number of carbonyl (C=O) groups excluding carboxylic acids is 1. The predicted octanol–water partition coefficient (Wildman–Crippen LogP) is 2.90. The molecule has 2 rings (SSSR count). The number of methoxy groups -OCH3 is 1. The molecule has 1 aliphatic rings. The van der Waals surface area contributed by atoms with E-state index in [4.69, 9.17) is 21.1 Å². The summed E-state index contributed by atoms with van der Waals surface area (Å²) in [7, 11) is 3.72. The molecule has 0 atom stereocenters. The van der Waals surface area contributed by atoms with Crippen LogP contribution in [0, 0.1) is 0 Å². The average Bonchev–Trinajstić information content (AvgIpc) is 2.66. The van der Waals surface area contributed by atoms with Crippen LogP contribution in [0.15, 0.2) is 18.2 Å². The highest BCUT2D eigenvalue weighted by molar-refractivity contribution is 6.32. The number of benzene rings is 1. The summed E-state index contributed by atoms with van der Waals surface area (Å²) >= 11 is 6.31. The molecule has 1 amide bonds. The molecular formula is C21H32ClN3O3. The lowest BCUT2D eigenvalue weighted by Crippen LogP contribution is -2.45. The molecule has 6 nitrogen and oxygen atoms in total. The van der Waals surface area contributed by atoms with Gasteiger partial charge in [-0.3, -0.25) is 4.79 Å². The molecule has 1 N–H and O–H groups in total. The molecule has 1 aromatic rings. The van der Waals surface area contributed by atoms with Gasteiger partial charge in [0.25, 0.3) is 0 Å². The van der Waals surface area contributed by atoms with Crippen LogP contribution in [-0.4, -0.2) is 75.2 Å². The van der Waals surface area contributed by atoms with E-state index in [1.807, 2.05) is 13.8 Å². The fourth-order valence-corrected chi connectivity index (χ4v) is 3.27. The molecule has 156 valence electrons. The smallest absolute Gasteiger partial charge is 0.243 e. The van der Waals surface area contributed by atoms with E-state index >= 15 is 0 Å². The summed E-state index contributed by atoms with van der Waals surface area (Å²) in [6.45, 7) is 9.97. The highest BCUT2D eigenvalue weighted by atomic mass is 35.5. The number of amides is 1. The highest BCUT2D eigenvalue weighted by Crippen LogP contribution is 2.37. The van der Waals surface area contributed by atoms with Crippen molar-refractivity contribution in [1.29, 1.82) is 0 Å². The fourth-order valence-electron chi connectivity index (χ4n) is 3.00. The van der Waals surface area contributed by atoms with Gasteiger partial charge in [0.05, 0.1) is 18.2 Å². The molecule has 0 bridgehead atoms. The van der Waals surface area contributed by atoms with Crippen LogP contribution < -0.4 is 14.8 Å². The number of hydrogen-bond acceptors (Lipinski definition) is 5. The van der Waals surface area contributed by atoms with Crippen molar-refractivity contribution in [3.8, 4) is 11.5 Å². The summed E-state index contributed by atoms with van der Waals surface area (Å²) in [6, 6.07) is 3.57. The molecule has 1 aromatic carbocycles. The third kappa shape index (κ3) is 7.34. The molecule has 28 heavy (non-hydrogen) atoms. The molecule has 1 saturated heterocycles. The van der Waals surface area contributed by atoms with Crippen LogP contribution in [0.1, 0.15) is 25.8 Å². The zero-order chi connectivity index (χ0) is 20.5. The topological polar surface area (TPSA) is 54.0 Å². The summed E-state index contributed by atoms with van der Waals surface area (Å²) < 4.78 is 11.1. The van der Waals surface area contributed by atoms with Crippen molar-refractivity contribution in [3.05, 3.63) is 28.8 Å². The molecule has 1 aliphatic heterocycles. The van der Waals surface area contributed by atoms with Crippen molar-refractivity contribution in [3.63, 3.8) is 0 Å². The Morgan fingerprint density at radius 1 is 1.29 bits per heavy atom. The zero-order valence-electron chi connectivity index (χ0n) is 17.3. The average molecular weight is 410 g/mol. The van der Waals surface area contributed by atoms with Crippen molar-refractivity contribution >= 4 is 23.6 Å². The molecule has 1 fully saturated rings. The number of hydrogen-bond donors (Lipinski definition) is 1. The van der Waals surface area contributed by atoms with Crippen molar-refractivity contribution in [1.82, 2.24) is 15.1 Å². The van der Waals surface area contributed by atoms with Gasteiger partial charge in [0.1, 0.15) is 0 Å². The molecule has 0 radical (unpaired) electrons. The standard InChI is InChI=1S/C21H32ClN3O3/c1-16(2)28-21-18(22)14-17(15-19(21)27-4)6-7-20(26)23-8-5-9-25-12-10-24(3)11-13-25/h6-7,14-16H,5,8-13H2,1-4H3,(H,23,26). The highest BCUT2D eigenvalue weighted by Gasteiger charge is 2.14. The van der Waals surface area contributed by atoms with Crippen LogP contribution >= 0.6 is 11.6 Å². The lowest BCUT2D eigenvalue weighted by molar-refractivity contribution is -0.116. The lowest BCUT2D eigenvalue weighted by atomic mass is 10.2. The van der Waals surface area contributed by atoms with Crippen molar-refractivity contribution in [2.24, 2.45) is 0 Å². The van der Waals surface area contributed by atoms with Crippen molar-refractivity contribution in [2.45, 2.75) is 26.4 Å². The second kappa shape index (κ2) is 11.3. The number of likely N-dealkylation sites (N-methyl/N-ethyl adjacent to an activating group) is 1. The van der Waals surface area contributed by atoms with Crippen LogP contribution in [0.3, 0.4) is 0 Å². The van der Waals surface area contributed by atoms with E-state index in [0.29, 0.717) is 23.1 Å². The van der Waals surface area contributed by atoms with Crippen molar-refractivity contribution in [2.75, 3.05) is 53.4 Å². The maximum absolute atomic E-state index is 12.1. The third-order valence-electron chi connectivity index (χ3n) is 4.58. The zero-order valence-corrected chi connectivity index (χ0v) is 18.1. The Labute approximate surface area is 173 Å². The minimum Gasteiger partial charge on any atom is -0.493 e. The number of rotatable bonds is 9. The monoisotopic (exact) mass is 409 g/mol. The number of halogens is 1. The first-order valence-electron chi connectivity index (χ1n) is 9.80. The lowest BCUT2D eigenvalue weighted by Gasteiger charge is -2.32. The molecule has 1 heterocycles. The minimum atomic E-state index is -0.115. The third-order valence-corrected chi connectivity index (χ3v) is 4.86. The number of piperazine rings is 1. The number of ether oxygens (including phenoxy) is 2. The summed E-state index contributed by atoms with van der Waals surface area (Å²) in [6.07, 6.45) is 4.18. The Morgan fingerprint density at radius 3 is 2.64 bits per heavy atom. The van der Waals surface area contributed by atoms with Crippen molar-refractivity contribution < 1.29 is 14.3 Å². The molecule has 0 spiro atoms. The van der Waals surface area contributed by atoms with Gasteiger partial charge in [-0.05, 0) is 57.6 Å². The quantitative estimate of drug-likeness (QED) is 0.502. The SMILES string of the molecule is COc1cc(C=CC(=O)NCCCN2CCN(C)CC2)cc(Cl)c1OC(C)C.